The van der Waals surface area contributed by atoms with Gasteiger partial charge in [0.1, 0.15) is 18.9 Å². The molecule has 7 heteroatoms. The highest BCUT2D eigenvalue weighted by atomic mass is 16.5. The van der Waals surface area contributed by atoms with E-state index in [1.165, 1.54) is 5.52 Å². The summed E-state index contributed by atoms with van der Waals surface area (Å²) in [6, 6.07) is 6.33. The van der Waals surface area contributed by atoms with Gasteiger partial charge in [-0.25, -0.2) is 5.43 Å². The summed E-state index contributed by atoms with van der Waals surface area (Å²) in [6.45, 7) is 9.00. The van der Waals surface area contributed by atoms with Crippen LogP contribution < -0.4 is 15.1 Å². The molecule has 7 nitrogen and oxygen atoms in total. The standard InChI is InChI=1S/C17H19N5O2.C2H6/c1-17(9-20(2)10-17)22-4-3-11-5-14-13(6-12(11)22)21-7-16(23)19-18-15(21)8-24-14;1-2/h3-6H,7-10H2,1-2H3,(H,19,23);1-2H3. The third-order valence-electron chi connectivity index (χ3n) is 5.14. The molecule has 3 aliphatic heterocycles. The molecule has 1 saturated heterocycles. The molecule has 0 radical (unpaired) electrons. The van der Waals surface area contributed by atoms with Crippen LogP contribution in [0.3, 0.4) is 0 Å². The summed E-state index contributed by atoms with van der Waals surface area (Å²) in [5.74, 6) is 1.45. The molecular weight excluding hydrogens is 330 g/mol. The Bertz CT molecular complexity index is 895. The van der Waals surface area contributed by atoms with Crippen molar-refractivity contribution in [3.8, 4) is 5.75 Å². The molecular formula is C19H25N5O2. The molecule has 0 unspecified atom stereocenters. The molecule has 1 N–H and O–H groups in total. The fraction of sp³-hybridized carbons (Fsp3) is 0.474. The van der Waals surface area contributed by atoms with Gasteiger partial charge in [-0.15, -0.1) is 0 Å². The second kappa shape index (κ2) is 6.02. The van der Waals surface area contributed by atoms with Crippen molar-refractivity contribution in [1.29, 1.82) is 0 Å². The van der Waals surface area contributed by atoms with Gasteiger partial charge in [0.2, 0.25) is 0 Å². The Morgan fingerprint density at radius 3 is 2.77 bits per heavy atom. The van der Waals surface area contributed by atoms with Gasteiger partial charge in [0.25, 0.3) is 5.91 Å². The summed E-state index contributed by atoms with van der Waals surface area (Å²) < 4.78 is 8.19. The Balaban J connectivity index is 0.000000814. The van der Waals surface area contributed by atoms with Crippen LogP contribution in [0.2, 0.25) is 0 Å². The second-order valence-electron chi connectivity index (χ2n) is 7.17. The summed E-state index contributed by atoms with van der Waals surface area (Å²) in [4.78, 5) is 16.0. The molecule has 2 aromatic rings. The highest BCUT2D eigenvalue weighted by molar-refractivity contribution is 6.09. The zero-order valence-electron chi connectivity index (χ0n) is 15.7. The van der Waals surface area contributed by atoms with E-state index in [0.717, 1.165) is 35.7 Å². The van der Waals surface area contributed by atoms with Crippen molar-refractivity contribution >= 4 is 28.3 Å². The number of amides is 1. The maximum Gasteiger partial charge on any atom is 0.260 e. The molecule has 3 aliphatic rings. The van der Waals surface area contributed by atoms with Crippen LogP contribution in [0.25, 0.3) is 10.9 Å². The maximum absolute atomic E-state index is 11.7. The topological polar surface area (TPSA) is 62.1 Å². The lowest BCUT2D eigenvalue weighted by molar-refractivity contribution is -0.119. The quantitative estimate of drug-likeness (QED) is 0.850. The Kier molecular flexibility index (Phi) is 3.91. The van der Waals surface area contributed by atoms with Gasteiger partial charge in [-0.05, 0) is 32.2 Å². The lowest BCUT2D eigenvalue weighted by Crippen LogP contribution is -2.58. The van der Waals surface area contributed by atoms with Crippen LogP contribution in [0.15, 0.2) is 29.5 Å². The van der Waals surface area contributed by atoms with Crippen molar-refractivity contribution in [1.82, 2.24) is 14.9 Å². The van der Waals surface area contributed by atoms with E-state index in [4.69, 9.17) is 4.74 Å². The van der Waals surface area contributed by atoms with Crippen molar-refractivity contribution in [2.24, 2.45) is 5.10 Å². The number of hydrogen-bond donors (Lipinski definition) is 1. The first-order chi connectivity index (χ1) is 12.5. The highest BCUT2D eigenvalue weighted by Crippen LogP contribution is 2.39. The van der Waals surface area contributed by atoms with Crippen molar-refractivity contribution in [3.05, 3.63) is 24.4 Å². The van der Waals surface area contributed by atoms with E-state index in [9.17, 15) is 4.79 Å². The van der Waals surface area contributed by atoms with Crippen molar-refractivity contribution in [2.45, 2.75) is 26.3 Å². The van der Waals surface area contributed by atoms with Gasteiger partial charge in [-0.1, -0.05) is 13.8 Å². The minimum atomic E-state index is -0.102. The number of likely N-dealkylation sites (tertiary alicyclic amines) is 1. The van der Waals surface area contributed by atoms with Gasteiger partial charge < -0.3 is 19.1 Å². The predicted octanol–water partition coefficient (Wildman–Crippen LogP) is 1.97. The molecule has 1 fully saturated rings. The van der Waals surface area contributed by atoms with E-state index in [1.54, 1.807) is 0 Å². The number of likely N-dealkylation sites (N-methyl/N-ethyl adjacent to an activating group) is 1. The van der Waals surface area contributed by atoms with E-state index in [2.05, 4.69) is 58.4 Å². The Hall–Kier alpha value is -2.54. The Morgan fingerprint density at radius 2 is 2.04 bits per heavy atom. The average molecular weight is 355 g/mol. The zero-order chi connectivity index (χ0) is 18.5. The number of carbonyl (C=O) groups is 1. The van der Waals surface area contributed by atoms with E-state index < -0.39 is 0 Å². The Labute approximate surface area is 153 Å². The van der Waals surface area contributed by atoms with E-state index >= 15 is 0 Å². The van der Waals surface area contributed by atoms with Crippen LogP contribution in [0.5, 0.6) is 5.75 Å². The number of fused-ring (bicyclic) bond motifs is 4. The predicted molar refractivity (Wildman–Crippen MR) is 103 cm³/mol. The average Bonchev–Trinajstić information content (AvgIpc) is 3.04. The van der Waals surface area contributed by atoms with Gasteiger partial charge in [-0.3, -0.25) is 4.79 Å². The Morgan fingerprint density at radius 1 is 1.27 bits per heavy atom. The molecule has 0 saturated carbocycles. The number of anilines is 1. The number of rotatable bonds is 1. The monoisotopic (exact) mass is 355 g/mol. The van der Waals surface area contributed by atoms with Gasteiger partial charge in [0.15, 0.2) is 5.84 Å². The fourth-order valence-corrected chi connectivity index (χ4v) is 4.15. The van der Waals surface area contributed by atoms with E-state index in [0.29, 0.717) is 6.61 Å². The molecule has 0 spiro atoms. The van der Waals surface area contributed by atoms with Crippen molar-refractivity contribution in [2.75, 3.05) is 38.2 Å². The van der Waals surface area contributed by atoms with Crippen LogP contribution in [0, 0.1) is 0 Å². The first-order valence-corrected chi connectivity index (χ1v) is 9.13. The van der Waals surface area contributed by atoms with Crippen LogP contribution >= 0.6 is 0 Å². The number of carbonyl (C=O) groups excluding carboxylic acids is 1. The normalized spacial score (nSPS) is 20.7. The minimum Gasteiger partial charge on any atom is -0.483 e. The number of nitrogens with one attached hydrogen (secondary N) is 1. The zero-order valence-corrected chi connectivity index (χ0v) is 15.7. The highest BCUT2D eigenvalue weighted by Gasteiger charge is 2.39. The SMILES string of the molecule is CC.CN1CC(C)(n2ccc3cc4c(cc32)N2CC(=O)NN=C2CO4)C1. The lowest BCUT2D eigenvalue weighted by atomic mass is 9.92. The summed E-state index contributed by atoms with van der Waals surface area (Å²) in [5, 5.41) is 5.27. The molecule has 0 atom stereocenters. The third kappa shape index (κ3) is 2.46. The lowest BCUT2D eigenvalue weighted by Gasteiger charge is -2.47. The van der Waals surface area contributed by atoms with Crippen molar-refractivity contribution < 1.29 is 9.53 Å². The number of aromatic nitrogens is 1. The van der Waals surface area contributed by atoms with Crippen LogP contribution in [-0.2, 0) is 10.3 Å². The molecule has 1 amide bonds. The summed E-state index contributed by atoms with van der Waals surface area (Å²) >= 11 is 0. The molecule has 1 aromatic heterocycles. The van der Waals surface area contributed by atoms with Crippen LogP contribution in [-0.4, -0.2) is 54.5 Å². The van der Waals surface area contributed by atoms with Gasteiger partial charge in [0.05, 0.1) is 16.7 Å². The molecule has 0 aliphatic carbocycles. The van der Waals surface area contributed by atoms with Crippen molar-refractivity contribution in [3.63, 3.8) is 0 Å². The maximum atomic E-state index is 11.7. The van der Waals surface area contributed by atoms with Gasteiger partial charge in [0, 0.05) is 24.7 Å². The molecule has 1 aromatic carbocycles. The fourth-order valence-electron chi connectivity index (χ4n) is 4.15. The molecule has 26 heavy (non-hydrogen) atoms. The summed E-state index contributed by atoms with van der Waals surface area (Å²) in [7, 11) is 2.14. The van der Waals surface area contributed by atoms with Gasteiger partial charge >= 0.3 is 0 Å². The molecule has 5 rings (SSSR count). The number of amidine groups is 1. The van der Waals surface area contributed by atoms with Gasteiger partial charge in [-0.2, -0.15) is 5.10 Å². The number of hydrazone groups is 1. The number of nitrogens with zero attached hydrogens (tertiary/aromatic N) is 4. The second-order valence-corrected chi connectivity index (χ2v) is 7.17. The summed E-state index contributed by atoms with van der Waals surface area (Å²) in [6.07, 6.45) is 2.15. The number of benzene rings is 1. The summed E-state index contributed by atoms with van der Waals surface area (Å²) in [5.41, 5.74) is 4.71. The largest absolute Gasteiger partial charge is 0.483 e. The molecule has 138 valence electrons. The smallest absolute Gasteiger partial charge is 0.260 e. The first-order valence-electron chi connectivity index (χ1n) is 9.13. The third-order valence-corrected chi connectivity index (χ3v) is 5.14. The van der Waals surface area contributed by atoms with Crippen LogP contribution in [0.1, 0.15) is 20.8 Å². The molecule has 4 heterocycles. The van der Waals surface area contributed by atoms with Crippen LogP contribution in [0.4, 0.5) is 5.69 Å². The first kappa shape index (κ1) is 16.9. The molecule has 0 bridgehead atoms. The van der Waals surface area contributed by atoms with E-state index in [1.807, 2.05) is 18.7 Å². The number of hydrogen-bond acceptors (Lipinski definition) is 5. The van der Waals surface area contributed by atoms with E-state index in [-0.39, 0.29) is 18.0 Å². The number of ether oxygens (including phenoxy) is 1. The minimum absolute atomic E-state index is 0.102.